The van der Waals surface area contributed by atoms with E-state index >= 15 is 0 Å². The van der Waals surface area contributed by atoms with E-state index in [2.05, 4.69) is 20.3 Å². The SMILES string of the molecule is COC(=O)c1sc(-c2ccc(N3CCC(CO)CC3)nc2F)nc1CNc1cccnc1. The van der Waals surface area contributed by atoms with Crippen LogP contribution in [0.2, 0.25) is 0 Å². The second-order valence-electron chi connectivity index (χ2n) is 7.50. The Morgan fingerprint density at radius 3 is 2.78 bits per heavy atom. The van der Waals surface area contributed by atoms with Gasteiger partial charge in [-0.25, -0.2) is 14.8 Å². The van der Waals surface area contributed by atoms with E-state index in [1.54, 1.807) is 30.6 Å². The van der Waals surface area contributed by atoms with E-state index in [1.165, 1.54) is 7.11 Å². The average molecular weight is 458 g/mol. The van der Waals surface area contributed by atoms with Crippen molar-refractivity contribution in [1.82, 2.24) is 15.0 Å². The number of carbonyl (C=O) groups is 1. The number of aliphatic hydroxyl groups is 1. The van der Waals surface area contributed by atoms with Gasteiger partial charge in [0.15, 0.2) is 0 Å². The van der Waals surface area contributed by atoms with E-state index in [9.17, 15) is 14.3 Å². The first kappa shape index (κ1) is 22.1. The van der Waals surface area contributed by atoms with Crippen LogP contribution < -0.4 is 10.2 Å². The molecule has 0 radical (unpaired) electrons. The van der Waals surface area contributed by atoms with Crippen LogP contribution in [0.5, 0.6) is 0 Å². The topological polar surface area (TPSA) is 100 Å². The van der Waals surface area contributed by atoms with Crippen LogP contribution in [0.15, 0.2) is 36.7 Å². The maximum atomic E-state index is 15.0. The molecule has 168 valence electrons. The van der Waals surface area contributed by atoms with Gasteiger partial charge in [0.1, 0.15) is 15.7 Å². The van der Waals surface area contributed by atoms with Gasteiger partial charge in [0.05, 0.1) is 30.6 Å². The van der Waals surface area contributed by atoms with Crippen molar-refractivity contribution in [2.45, 2.75) is 19.4 Å². The van der Waals surface area contributed by atoms with E-state index < -0.39 is 11.9 Å². The number of halogens is 1. The molecule has 1 aliphatic rings. The van der Waals surface area contributed by atoms with Gasteiger partial charge in [0, 0.05) is 32.1 Å². The number of anilines is 2. The van der Waals surface area contributed by atoms with Gasteiger partial charge < -0.3 is 20.1 Å². The number of carbonyl (C=O) groups excluding carboxylic acids is 1. The lowest BCUT2D eigenvalue weighted by molar-refractivity contribution is 0.0605. The third-order valence-corrected chi connectivity index (χ3v) is 6.56. The maximum absolute atomic E-state index is 15.0. The van der Waals surface area contributed by atoms with Crippen LogP contribution in [-0.4, -0.2) is 52.8 Å². The van der Waals surface area contributed by atoms with Crippen LogP contribution in [0.3, 0.4) is 0 Å². The zero-order chi connectivity index (χ0) is 22.5. The predicted molar refractivity (Wildman–Crippen MR) is 120 cm³/mol. The number of esters is 1. The normalized spacial score (nSPS) is 14.4. The molecule has 0 unspecified atom stereocenters. The summed E-state index contributed by atoms with van der Waals surface area (Å²) >= 11 is 1.08. The fourth-order valence-electron chi connectivity index (χ4n) is 3.60. The maximum Gasteiger partial charge on any atom is 0.350 e. The van der Waals surface area contributed by atoms with Gasteiger partial charge in [-0.2, -0.15) is 4.39 Å². The zero-order valence-electron chi connectivity index (χ0n) is 17.6. The molecule has 32 heavy (non-hydrogen) atoms. The smallest absolute Gasteiger partial charge is 0.350 e. The lowest BCUT2D eigenvalue weighted by Gasteiger charge is -2.32. The minimum atomic E-state index is -0.635. The van der Waals surface area contributed by atoms with Gasteiger partial charge in [-0.15, -0.1) is 11.3 Å². The van der Waals surface area contributed by atoms with Crippen LogP contribution in [-0.2, 0) is 11.3 Å². The molecule has 0 amide bonds. The number of piperidine rings is 1. The molecular weight excluding hydrogens is 433 g/mol. The molecule has 0 saturated carbocycles. The standard InChI is InChI=1S/C22H24FN5O3S/c1-31-22(30)19-17(12-25-15-3-2-8-24-11-15)26-21(32-19)16-4-5-18(27-20(16)23)28-9-6-14(13-29)7-10-28/h2-5,8,11,14,25,29H,6-7,9-10,12-13H2,1H3. The summed E-state index contributed by atoms with van der Waals surface area (Å²) in [7, 11) is 1.30. The molecule has 3 aromatic heterocycles. The Bertz CT molecular complexity index is 1070. The first-order valence-electron chi connectivity index (χ1n) is 10.3. The monoisotopic (exact) mass is 457 g/mol. The molecular formula is C22H24FN5O3S. The van der Waals surface area contributed by atoms with E-state index in [0.717, 1.165) is 43.0 Å². The molecule has 2 N–H and O–H groups in total. The molecule has 1 saturated heterocycles. The minimum absolute atomic E-state index is 0.180. The van der Waals surface area contributed by atoms with Crippen LogP contribution in [0, 0.1) is 11.9 Å². The predicted octanol–water partition coefficient (Wildman–Crippen LogP) is 3.35. The van der Waals surface area contributed by atoms with Gasteiger partial charge in [-0.3, -0.25) is 4.98 Å². The van der Waals surface area contributed by atoms with Crippen LogP contribution in [0.25, 0.3) is 10.6 Å². The van der Waals surface area contributed by atoms with Gasteiger partial charge in [0.25, 0.3) is 0 Å². The number of nitrogens with one attached hydrogen (secondary N) is 1. The summed E-state index contributed by atoms with van der Waals surface area (Å²) in [5, 5.41) is 12.8. The number of rotatable bonds is 7. The van der Waals surface area contributed by atoms with Crippen molar-refractivity contribution in [3.63, 3.8) is 0 Å². The molecule has 3 aromatic rings. The number of hydrogen-bond donors (Lipinski definition) is 2. The lowest BCUT2D eigenvalue weighted by Crippen LogP contribution is -2.35. The van der Waals surface area contributed by atoms with E-state index in [4.69, 9.17) is 4.74 Å². The summed E-state index contributed by atoms with van der Waals surface area (Å²) in [6.45, 7) is 1.90. The van der Waals surface area contributed by atoms with Crippen molar-refractivity contribution in [3.05, 3.63) is 53.2 Å². The molecule has 0 aliphatic carbocycles. The van der Waals surface area contributed by atoms with Crippen LogP contribution in [0.1, 0.15) is 28.2 Å². The summed E-state index contributed by atoms with van der Waals surface area (Å²) in [5.74, 6) is -0.302. The van der Waals surface area contributed by atoms with Gasteiger partial charge >= 0.3 is 5.97 Å². The molecule has 4 heterocycles. The molecule has 0 aromatic carbocycles. The molecule has 4 rings (SSSR count). The number of nitrogens with zero attached hydrogens (tertiary/aromatic N) is 4. The number of ether oxygens (including phenoxy) is 1. The molecule has 0 spiro atoms. The second-order valence-corrected chi connectivity index (χ2v) is 8.50. The minimum Gasteiger partial charge on any atom is -0.465 e. The fraction of sp³-hybridized carbons (Fsp3) is 0.364. The Hall–Kier alpha value is -3.11. The molecule has 1 aliphatic heterocycles. The van der Waals surface area contributed by atoms with Crippen molar-refractivity contribution >= 4 is 28.8 Å². The number of thiazole rings is 1. The number of aromatic nitrogens is 3. The summed E-state index contributed by atoms with van der Waals surface area (Å²) in [4.78, 5) is 27.3. The van der Waals surface area contributed by atoms with Crippen molar-refractivity contribution in [3.8, 4) is 10.6 Å². The summed E-state index contributed by atoms with van der Waals surface area (Å²) in [6, 6.07) is 7.06. The third-order valence-electron chi connectivity index (χ3n) is 5.45. The fourth-order valence-corrected chi connectivity index (χ4v) is 4.61. The average Bonchev–Trinajstić information content (AvgIpc) is 3.27. The highest BCUT2D eigenvalue weighted by Gasteiger charge is 2.23. The zero-order valence-corrected chi connectivity index (χ0v) is 18.4. The second kappa shape index (κ2) is 10.0. The quantitative estimate of drug-likeness (QED) is 0.412. The van der Waals surface area contributed by atoms with Crippen LogP contribution >= 0.6 is 11.3 Å². The lowest BCUT2D eigenvalue weighted by atomic mass is 9.98. The van der Waals surface area contributed by atoms with E-state index in [-0.39, 0.29) is 18.7 Å². The number of methoxy groups -OCH3 is 1. The first-order chi connectivity index (χ1) is 15.6. The highest BCUT2D eigenvalue weighted by molar-refractivity contribution is 7.17. The summed E-state index contributed by atoms with van der Waals surface area (Å²) in [5.41, 5.74) is 1.48. The van der Waals surface area contributed by atoms with Crippen molar-refractivity contribution in [2.24, 2.45) is 5.92 Å². The summed E-state index contributed by atoms with van der Waals surface area (Å²) < 4.78 is 19.8. The highest BCUT2D eigenvalue weighted by atomic mass is 32.1. The Morgan fingerprint density at radius 1 is 1.31 bits per heavy atom. The highest BCUT2D eigenvalue weighted by Crippen LogP contribution is 2.32. The number of hydrogen-bond acceptors (Lipinski definition) is 9. The Morgan fingerprint density at radius 2 is 2.12 bits per heavy atom. The van der Waals surface area contributed by atoms with Crippen LogP contribution in [0.4, 0.5) is 15.9 Å². The van der Waals surface area contributed by atoms with Crippen molar-refractivity contribution in [2.75, 3.05) is 37.0 Å². The molecule has 1 fully saturated rings. The third kappa shape index (κ3) is 4.86. The van der Waals surface area contributed by atoms with E-state index in [1.807, 2.05) is 11.0 Å². The number of aliphatic hydroxyl groups excluding tert-OH is 1. The Balaban J connectivity index is 1.56. The number of pyridine rings is 2. The van der Waals surface area contributed by atoms with E-state index in [0.29, 0.717) is 27.3 Å². The molecule has 8 nitrogen and oxygen atoms in total. The summed E-state index contributed by atoms with van der Waals surface area (Å²) in [6.07, 6.45) is 5.03. The molecule has 0 bridgehead atoms. The molecule has 0 atom stereocenters. The van der Waals surface area contributed by atoms with Crippen molar-refractivity contribution < 1.29 is 19.0 Å². The van der Waals surface area contributed by atoms with Gasteiger partial charge in [-0.1, -0.05) is 0 Å². The Labute approximate surface area is 189 Å². The first-order valence-corrected chi connectivity index (χ1v) is 11.1. The van der Waals surface area contributed by atoms with Gasteiger partial charge in [-0.05, 0) is 43.0 Å². The largest absolute Gasteiger partial charge is 0.465 e. The van der Waals surface area contributed by atoms with Gasteiger partial charge in [0.2, 0.25) is 5.95 Å². The Kier molecular flexibility index (Phi) is 6.91. The molecule has 10 heteroatoms. The van der Waals surface area contributed by atoms with Crippen molar-refractivity contribution in [1.29, 1.82) is 0 Å².